The Bertz CT molecular complexity index is 278. The fourth-order valence-electron chi connectivity index (χ4n) is 0.859. The number of aliphatic hydroxyl groups excluding tert-OH is 1. The molecule has 0 radical (unpaired) electrons. The average molecular weight is 207 g/mol. The summed E-state index contributed by atoms with van der Waals surface area (Å²) in [6.45, 7) is 3.25. The van der Waals surface area contributed by atoms with Gasteiger partial charge in [0.15, 0.2) is 0 Å². The molecule has 0 amide bonds. The summed E-state index contributed by atoms with van der Waals surface area (Å²) in [6.07, 6.45) is -0.745. The summed E-state index contributed by atoms with van der Waals surface area (Å²) in [5.41, 5.74) is 0.379. The first kappa shape index (κ1) is 9.71. The summed E-state index contributed by atoms with van der Waals surface area (Å²) in [5.74, 6) is 0.495. The van der Waals surface area contributed by atoms with E-state index in [0.29, 0.717) is 11.4 Å². The van der Waals surface area contributed by atoms with Gasteiger partial charge in [0.1, 0.15) is 16.1 Å². The highest BCUT2D eigenvalue weighted by Gasteiger charge is 2.14. The Morgan fingerprint density at radius 3 is 2.00 bits per heavy atom. The monoisotopic (exact) mass is 206 g/mol. The van der Waals surface area contributed by atoms with Crippen molar-refractivity contribution in [2.24, 2.45) is 0 Å². The Morgan fingerprint density at radius 2 is 1.67 bits per heavy atom. The zero-order chi connectivity index (χ0) is 9.30. The van der Waals surface area contributed by atoms with Crippen LogP contribution >= 0.6 is 23.2 Å². The smallest absolute Gasteiger partial charge is 0.140 e. The Kier molecular flexibility index (Phi) is 2.88. The topological polar surface area (TPSA) is 46.0 Å². The molecule has 1 aromatic rings. The van der Waals surface area contributed by atoms with Gasteiger partial charge in [-0.1, -0.05) is 23.2 Å². The molecule has 1 N–H and O–H groups in total. The molecule has 0 fully saturated rings. The molecule has 1 atom stereocenters. The molecule has 0 aliphatic carbocycles. The Hall–Kier alpha value is -0.380. The molecule has 0 aliphatic heterocycles. The highest BCUT2D eigenvalue weighted by atomic mass is 35.5. The van der Waals surface area contributed by atoms with Crippen LogP contribution in [0.15, 0.2) is 0 Å². The van der Waals surface area contributed by atoms with E-state index in [-0.39, 0.29) is 10.3 Å². The van der Waals surface area contributed by atoms with Gasteiger partial charge in [-0.15, -0.1) is 0 Å². The standard InChI is InChI=1S/C7H8Cl2N2O/c1-3(12)5-6(8)10-4(2)11-7(5)9/h3,12H,1-2H3. The first-order chi connectivity index (χ1) is 5.52. The van der Waals surface area contributed by atoms with Crippen molar-refractivity contribution in [3.8, 4) is 0 Å². The summed E-state index contributed by atoms with van der Waals surface area (Å²) < 4.78 is 0. The summed E-state index contributed by atoms with van der Waals surface area (Å²) in [6, 6.07) is 0. The van der Waals surface area contributed by atoms with Crippen LogP contribution in [-0.4, -0.2) is 15.1 Å². The molecular weight excluding hydrogens is 199 g/mol. The van der Waals surface area contributed by atoms with Crippen molar-refractivity contribution in [1.29, 1.82) is 0 Å². The second-order valence-corrected chi connectivity index (χ2v) is 3.16. The molecular formula is C7H8Cl2N2O. The van der Waals surface area contributed by atoms with Crippen LogP contribution in [0.3, 0.4) is 0 Å². The van der Waals surface area contributed by atoms with Crippen molar-refractivity contribution in [3.63, 3.8) is 0 Å². The van der Waals surface area contributed by atoms with Gasteiger partial charge in [0.25, 0.3) is 0 Å². The minimum Gasteiger partial charge on any atom is -0.388 e. The van der Waals surface area contributed by atoms with Crippen LogP contribution in [0.25, 0.3) is 0 Å². The van der Waals surface area contributed by atoms with Crippen molar-refractivity contribution in [3.05, 3.63) is 21.7 Å². The number of hydrogen-bond donors (Lipinski definition) is 1. The lowest BCUT2D eigenvalue weighted by Crippen LogP contribution is -2.00. The molecule has 0 aliphatic rings. The zero-order valence-electron chi connectivity index (χ0n) is 6.67. The SMILES string of the molecule is Cc1nc(Cl)c(C(C)O)c(Cl)n1. The number of nitrogens with zero attached hydrogens (tertiary/aromatic N) is 2. The third-order valence-electron chi connectivity index (χ3n) is 1.38. The van der Waals surface area contributed by atoms with E-state index in [9.17, 15) is 5.11 Å². The maximum atomic E-state index is 9.23. The molecule has 1 aromatic heterocycles. The van der Waals surface area contributed by atoms with Crippen LogP contribution in [0.4, 0.5) is 0 Å². The van der Waals surface area contributed by atoms with Crippen LogP contribution in [0.1, 0.15) is 24.4 Å². The van der Waals surface area contributed by atoms with Crippen LogP contribution < -0.4 is 0 Å². The third kappa shape index (κ3) is 1.86. The predicted octanol–water partition coefficient (Wildman–Crippen LogP) is 2.15. The van der Waals surface area contributed by atoms with E-state index in [1.54, 1.807) is 13.8 Å². The highest BCUT2D eigenvalue weighted by molar-refractivity contribution is 6.34. The van der Waals surface area contributed by atoms with Crippen LogP contribution in [0.2, 0.25) is 10.3 Å². The number of aliphatic hydroxyl groups is 1. The fraction of sp³-hybridized carbons (Fsp3) is 0.429. The normalized spacial score (nSPS) is 13.1. The highest BCUT2D eigenvalue weighted by Crippen LogP contribution is 2.26. The lowest BCUT2D eigenvalue weighted by atomic mass is 10.2. The Labute approximate surface area is 80.4 Å². The molecule has 0 spiro atoms. The van der Waals surface area contributed by atoms with Gasteiger partial charge < -0.3 is 5.11 Å². The molecule has 5 heteroatoms. The van der Waals surface area contributed by atoms with E-state index in [1.807, 2.05) is 0 Å². The number of aryl methyl sites for hydroxylation is 1. The summed E-state index contributed by atoms with van der Waals surface area (Å²) in [5, 5.41) is 9.65. The zero-order valence-corrected chi connectivity index (χ0v) is 8.19. The second-order valence-electron chi connectivity index (χ2n) is 2.44. The van der Waals surface area contributed by atoms with Crippen molar-refractivity contribution in [2.75, 3.05) is 0 Å². The molecule has 0 saturated heterocycles. The van der Waals surface area contributed by atoms with Gasteiger partial charge in [-0.2, -0.15) is 0 Å². The van der Waals surface area contributed by atoms with Gasteiger partial charge in [0.05, 0.1) is 11.7 Å². The number of aromatic nitrogens is 2. The maximum absolute atomic E-state index is 9.23. The van der Waals surface area contributed by atoms with Gasteiger partial charge in [-0.3, -0.25) is 0 Å². The number of halogens is 2. The van der Waals surface area contributed by atoms with Gasteiger partial charge in [-0.05, 0) is 13.8 Å². The molecule has 1 rings (SSSR count). The maximum Gasteiger partial charge on any atom is 0.140 e. The van der Waals surface area contributed by atoms with E-state index in [0.717, 1.165) is 0 Å². The average Bonchev–Trinajstić information content (AvgIpc) is 1.82. The second kappa shape index (κ2) is 3.56. The van der Waals surface area contributed by atoms with Crippen molar-refractivity contribution >= 4 is 23.2 Å². The first-order valence-electron chi connectivity index (χ1n) is 3.40. The van der Waals surface area contributed by atoms with E-state index >= 15 is 0 Å². The lowest BCUT2D eigenvalue weighted by Gasteiger charge is -2.08. The fourth-order valence-corrected chi connectivity index (χ4v) is 1.65. The van der Waals surface area contributed by atoms with Gasteiger partial charge in [0.2, 0.25) is 0 Å². The van der Waals surface area contributed by atoms with Gasteiger partial charge in [0, 0.05) is 0 Å². The van der Waals surface area contributed by atoms with Gasteiger partial charge in [-0.25, -0.2) is 9.97 Å². The molecule has 1 heterocycles. The van der Waals surface area contributed by atoms with Crippen molar-refractivity contribution < 1.29 is 5.11 Å². The summed E-state index contributed by atoms with van der Waals surface area (Å²) in [7, 11) is 0. The van der Waals surface area contributed by atoms with Crippen LogP contribution in [0, 0.1) is 6.92 Å². The Morgan fingerprint density at radius 1 is 1.25 bits per heavy atom. The molecule has 12 heavy (non-hydrogen) atoms. The van der Waals surface area contributed by atoms with E-state index in [4.69, 9.17) is 23.2 Å². The third-order valence-corrected chi connectivity index (χ3v) is 1.96. The van der Waals surface area contributed by atoms with Gasteiger partial charge >= 0.3 is 0 Å². The largest absolute Gasteiger partial charge is 0.388 e. The minimum atomic E-state index is -0.745. The number of hydrogen-bond acceptors (Lipinski definition) is 3. The molecule has 66 valence electrons. The summed E-state index contributed by atoms with van der Waals surface area (Å²) in [4.78, 5) is 7.73. The van der Waals surface area contributed by atoms with Crippen molar-refractivity contribution in [1.82, 2.24) is 9.97 Å². The molecule has 3 nitrogen and oxygen atoms in total. The quantitative estimate of drug-likeness (QED) is 0.717. The predicted molar refractivity (Wildman–Crippen MR) is 47.4 cm³/mol. The van der Waals surface area contributed by atoms with E-state index in [1.165, 1.54) is 0 Å². The molecule has 0 aromatic carbocycles. The van der Waals surface area contributed by atoms with Crippen LogP contribution in [0.5, 0.6) is 0 Å². The van der Waals surface area contributed by atoms with Crippen LogP contribution in [-0.2, 0) is 0 Å². The number of rotatable bonds is 1. The Balaban J connectivity index is 3.28. The molecule has 0 saturated carbocycles. The van der Waals surface area contributed by atoms with E-state index in [2.05, 4.69) is 9.97 Å². The lowest BCUT2D eigenvalue weighted by molar-refractivity contribution is 0.198. The molecule has 1 unspecified atom stereocenters. The first-order valence-corrected chi connectivity index (χ1v) is 4.15. The minimum absolute atomic E-state index is 0.211. The van der Waals surface area contributed by atoms with Crippen molar-refractivity contribution in [2.45, 2.75) is 20.0 Å². The van der Waals surface area contributed by atoms with E-state index < -0.39 is 6.10 Å². The molecule has 0 bridgehead atoms. The summed E-state index contributed by atoms with van der Waals surface area (Å²) >= 11 is 11.5.